The van der Waals surface area contributed by atoms with Gasteiger partial charge in [0, 0.05) is 21.3 Å². The van der Waals surface area contributed by atoms with Gasteiger partial charge in [-0.05, 0) is 60.4 Å². The van der Waals surface area contributed by atoms with Crippen LogP contribution >= 0.6 is 22.9 Å². The molecular formula is C26H21ClN2O2S. The van der Waals surface area contributed by atoms with Crippen LogP contribution in [0.15, 0.2) is 71.1 Å². The summed E-state index contributed by atoms with van der Waals surface area (Å²) >= 11 is 7.82. The summed E-state index contributed by atoms with van der Waals surface area (Å²) in [7, 11) is 0. The molecule has 1 N–H and O–H groups in total. The van der Waals surface area contributed by atoms with Gasteiger partial charge in [-0.1, -0.05) is 49.7 Å². The summed E-state index contributed by atoms with van der Waals surface area (Å²) in [6.45, 7) is 4.39. The summed E-state index contributed by atoms with van der Waals surface area (Å²) in [6.07, 6.45) is 1.08. The number of fused-ring (bicyclic) bond motifs is 2. The Morgan fingerprint density at radius 3 is 2.66 bits per heavy atom. The number of benzene rings is 3. The molecule has 1 amide bonds. The van der Waals surface area contributed by atoms with Gasteiger partial charge in [-0.25, -0.2) is 4.98 Å². The van der Waals surface area contributed by atoms with Gasteiger partial charge in [0.2, 0.25) is 5.89 Å². The number of hydrogen-bond donors (Lipinski definition) is 1. The maximum absolute atomic E-state index is 12.8. The van der Waals surface area contributed by atoms with Crippen molar-refractivity contribution >= 4 is 55.7 Å². The number of carbonyl (C=O) groups excluding carboxylic acids is 1. The summed E-state index contributed by atoms with van der Waals surface area (Å²) in [5.41, 5.74) is 4.42. The molecule has 160 valence electrons. The Morgan fingerprint density at radius 1 is 1.12 bits per heavy atom. The van der Waals surface area contributed by atoms with Crippen LogP contribution in [-0.4, -0.2) is 10.9 Å². The Kier molecular flexibility index (Phi) is 5.45. The van der Waals surface area contributed by atoms with Crippen LogP contribution in [0.4, 0.5) is 5.69 Å². The third kappa shape index (κ3) is 3.78. The van der Waals surface area contributed by atoms with Crippen LogP contribution in [0.1, 0.15) is 41.4 Å². The molecule has 0 aliphatic rings. The second-order valence-corrected chi connectivity index (χ2v) is 9.26. The summed E-state index contributed by atoms with van der Waals surface area (Å²) in [6, 6.07) is 21.4. The Hall–Kier alpha value is -3.15. The molecular weight excluding hydrogens is 440 g/mol. The van der Waals surface area contributed by atoms with E-state index in [1.807, 2.05) is 54.6 Å². The fourth-order valence-electron chi connectivity index (χ4n) is 3.65. The first-order valence-corrected chi connectivity index (χ1v) is 11.7. The zero-order chi connectivity index (χ0) is 22.2. The highest BCUT2D eigenvalue weighted by Gasteiger charge is 2.17. The van der Waals surface area contributed by atoms with E-state index in [4.69, 9.17) is 16.0 Å². The first kappa shape index (κ1) is 20.7. The molecule has 5 rings (SSSR count). The number of amides is 1. The Labute approximate surface area is 194 Å². The molecule has 3 aromatic carbocycles. The number of nitrogens with zero attached hydrogens (tertiary/aromatic N) is 1. The molecule has 1 unspecified atom stereocenters. The van der Waals surface area contributed by atoms with E-state index in [0.717, 1.165) is 33.2 Å². The number of oxazole rings is 1. The van der Waals surface area contributed by atoms with E-state index < -0.39 is 0 Å². The minimum atomic E-state index is -0.219. The number of anilines is 1. The summed E-state index contributed by atoms with van der Waals surface area (Å²) in [5.74, 6) is 0.826. The fourth-order valence-corrected chi connectivity index (χ4v) is 5.07. The maximum atomic E-state index is 12.8. The van der Waals surface area contributed by atoms with Crippen molar-refractivity contribution in [3.63, 3.8) is 0 Å². The number of aromatic nitrogens is 1. The largest absolute Gasteiger partial charge is 0.436 e. The number of rotatable bonds is 5. The van der Waals surface area contributed by atoms with Crippen molar-refractivity contribution in [1.29, 1.82) is 0 Å². The van der Waals surface area contributed by atoms with Crippen LogP contribution in [0.3, 0.4) is 0 Å². The fraction of sp³-hybridized carbons (Fsp3) is 0.154. The number of hydrogen-bond acceptors (Lipinski definition) is 4. The van der Waals surface area contributed by atoms with E-state index >= 15 is 0 Å². The molecule has 0 saturated carbocycles. The lowest BCUT2D eigenvalue weighted by Gasteiger charge is -2.07. The van der Waals surface area contributed by atoms with Crippen molar-refractivity contribution in [3.05, 3.63) is 82.2 Å². The zero-order valence-electron chi connectivity index (χ0n) is 17.7. The highest BCUT2D eigenvalue weighted by molar-refractivity contribution is 7.21. The Balaban J connectivity index is 1.36. The van der Waals surface area contributed by atoms with Crippen LogP contribution < -0.4 is 5.32 Å². The van der Waals surface area contributed by atoms with Gasteiger partial charge in [0.15, 0.2) is 5.58 Å². The molecule has 32 heavy (non-hydrogen) atoms. The Morgan fingerprint density at radius 2 is 1.91 bits per heavy atom. The van der Waals surface area contributed by atoms with Crippen molar-refractivity contribution in [2.75, 3.05) is 5.32 Å². The topological polar surface area (TPSA) is 55.1 Å². The van der Waals surface area contributed by atoms with E-state index in [2.05, 4.69) is 36.3 Å². The van der Waals surface area contributed by atoms with Crippen LogP contribution in [0.25, 0.3) is 32.6 Å². The minimum Gasteiger partial charge on any atom is -0.436 e. The molecule has 1 atom stereocenters. The number of halogens is 1. The van der Waals surface area contributed by atoms with Gasteiger partial charge in [0.05, 0.1) is 5.02 Å². The second kappa shape index (κ2) is 8.41. The van der Waals surface area contributed by atoms with Crippen LogP contribution in [-0.2, 0) is 0 Å². The predicted molar refractivity (Wildman–Crippen MR) is 133 cm³/mol. The van der Waals surface area contributed by atoms with Crippen molar-refractivity contribution in [2.24, 2.45) is 0 Å². The van der Waals surface area contributed by atoms with Crippen LogP contribution in [0, 0.1) is 0 Å². The summed E-state index contributed by atoms with van der Waals surface area (Å²) in [4.78, 5) is 17.9. The standard InChI is InChI=1S/C26H21ClN2O2S/c1-3-15(2)17-10-13-21-20(14-17)29-26(31-21)16-8-11-18(12-9-16)28-25(30)24-23(27)19-6-4-5-7-22(19)32-24/h4-15H,3H2,1-2H3,(H,28,30). The lowest BCUT2D eigenvalue weighted by molar-refractivity contribution is 0.103. The van der Waals surface area contributed by atoms with Crippen molar-refractivity contribution in [3.8, 4) is 11.5 Å². The molecule has 0 aliphatic heterocycles. The lowest BCUT2D eigenvalue weighted by atomic mass is 9.98. The van der Waals surface area contributed by atoms with Crippen molar-refractivity contribution in [2.45, 2.75) is 26.2 Å². The van der Waals surface area contributed by atoms with E-state index in [1.54, 1.807) is 0 Å². The van der Waals surface area contributed by atoms with Crippen LogP contribution in [0.5, 0.6) is 0 Å². The number of thiophene rings is 1. The first-order valence-electron chi connectivity index (χ1n) is 10.5. The van der Waals surface area contributed by atoms with Crippen molar-refractivity contribution in [1.82, 2.24) is 4.98 Å². The van der Waals surface area contributed by atoms with E-state index in [-0.39, 0.29) is 5.91 Å². The van der Waals surface area contributed by atoms with Gasteiger partial charge in [-0.2, -0.15) is 0 Å². The molecule has 2 aromatic heterocycles. The average Bonchev–Trinajstić information content (AvgIpc) is 3.40. The van der Waals surface area contributed by atoms with E-state index in [0.29, 0.717) is 27.4 Å². The third-order valence-electron chi connectivity index (χ3n) is 5.72. The molecule has 2 heterocycles. The molecule has 0 saturated heterocycles. The SMILES string of the molecule is CCC(C)c1ccc2oc(-c3ccc(NC(=O)c4sc5ccccc5c4Cl)cc3)nc2c1. The minimum absolute atomic E-state index is 0.219. The predicted octanol–water partition coefficient (Wildman–Crippen LogP) is 8.13. The van der Waals surface area contributed by atoms with Gasteiger partial charge >= 0.3 is 0 Å². The molecule has 0 spiro atoms. The smallest absolute Gasteiger partial charge is 0.267 e. The second-order valence-electron chi connectivity index (χ2n) is 7.83. The van der Waals surface area contributed by atoms with Gasteiger partial charge in [-0.3, -0.25) is 4.79 Å². The van der Waals surface area contributed by atoms with E-state index in [9.17, 15) is 4.79 Å². The normalized spacial score (nSPS) is 12.3. The van der Waals surface area contributed by atoms with Gasteiger partial charge in [0.25, 0.3) is 5.91 Å². The quantitative estimate of drug-likeness (QED) is 0.288. The van der Waals surface area contributed by atoms with Gasteiger partial charge < -0.3 is 9.73 Å². The molecule has 0 fully saturated rings. The first-order chi connectivity index (χ1) is 15.5. The molecule has 4 nitrogen and oxygen atoms in total. The van der Waals surface area contributed by atoms with Gasteiger partial charge in [0.1, 0.15) is 10.4 Å². The zero-order valence-corrected chi connectivity index (χ0v) is 19.3. The molecule has 5 aromatic rings. The molecule has 0 bridgehead atoms. The molecule has 0 aliphatic carbocycles. The maximum Gasteiger partial charge on any atom is 0.267 e. The van der Waals surface area contributed by atoms with E-state index in [1.165, 1.54) is 16.9 Å². The number of nitrogens with one attached hydrogen (secondary N) is 1. The number of carbonyl (C=O) groups is 1. The van der Waals surface area contributed by atoms with Crippen LogP contribution in [0.2, 0.25) is 5.02 Å². The lowest BCUT2D eigenvalue weighted by Crippen LogP contribution is -2.10. The average molecular weight is 461 g/mol. The summed E-state index contributed by atoms with van der Waals surface area (Å²) < 4.78 is 6.94. The molecule has 0 radical (unpaired) electrons. The monoisotopic (exact) mass is 460 g/mol. The highest BCUT2D eigenvalue weighted by atomic mass is 35.5. The molecule has 6 heteroatoms. The van der Waals surface area contributed by atoms with Crippen molar-refractivity contribution < 1.29 is 9.21 Å². The third-order valence-corrected chi connectivity index (χ3v) is 7.40. The summed E-state index contributed by atoms with van der Waals surface area (Å²) in [5, 5.41) is 4.31. The Bertz CT molecular complexity index is 1440. The highest BCUT2D eigenvalue weighted by Crippen LogP contribution is 2.35. The van der Waals surface area contributed by atoms with Gasteiger partial charge in [-0.15, -0.1) is 11.3 Å².